The number of alkyl carbamates (subject to hydrolysis) is 1. The summed E-state index contributed by atoms with van der Waals surface area (Å²) in [5, 5.41) is 11.2. The molecule has 4 N–H and O–H groups in total. The van der Waals surface area contributed by atoms with Crippen LogP contribution in [0.25, 0.3) is 0 Å². The molecular formula is C16H17N3O7. The van der Waals surface area contributed by atoms with Crippen molar-refractivity contribution in [2.75, 3.05) is 13.1 Å². The van der Waals surface area contributed by atoms with Crippen molar-refractivity contribution in [1.82, 2.24) is 10.4 Å². The van der Waals surface area contributed by atoms with Crippen molar-refractivity contribution in [3.05, 3.63) is 35.9 Å². The Bertz CT molecular complexity index is 749. The Morgan fingerprint density at radius 2 is 1.85 bits per heavy atom. The van der Waals surface area contributed by atoms with Gasteiger partial charge in [-0.25, -0.2) is 4.79 Å². The normalized spacial score (nSPS) is 19.4. The first-order valence-corrected chi connectivity index (χ1v) is 7.60. The van der Waals surface area contributed by atoms with Crippen LogP contribution in [0.2, 0.25) is 0 Å². The van der Waals surface area contributed by atoms with Crippen LogP contribution in [-0.4, -0.2) is 52.8 Å². The number of amides is 3. The highest BCUT2D eigenvalue weighted by Crippen LogP contribution is 2.34. The molecule has 1 aliphatic rings. The zero-order chi connectivity index (χ0) is 19.3. The summed E-state index contributed by atoms with van der Waals surface area (Å²) in [5.74, 6) is -4.55. The first-order valence-electron chi connectivity index (χ1n) is 7.60. The lowest BCUT2D eigenvalue weighted by molar-refractivity contribution is -0.175. The van der Waals surface area contributed by atoms with E-state index in [-0.39, 0.29) is 11.7 Å². The van der Waals surface area contributed by atoms with Gasteiger partial charge in [-0.1, -0.05) is 30.3 Å². The SMILES string of the molecule is NCC(=O)C1(C(=O)CNC(=O)OCc2ccccc2)CC(=O)N(O)C1=O. The van der Waals surface area contributed by atoms with Crippen molar-refractivity contribution in [2.45, 2.75) is 13.0 Å². The fourth-order valence-corrected chi connectivity index (χ4v) is 2.51. The molecule has 1 unspecified atom stereocenters. The van der Waals surface area contributed by atoms with Gasteiger partial charge in [0.05, 0.1) is 19.5 Å². The minimum atomic E-state index is -2.42. The largest absolute Gasteiger partial charge is 0.445 e. The van der Waals surface area contributed by atoms with Gasteiger partial charge in [-0.15, -0.1) is 0 Å². The van der Waals surface area contributed by atoms with Gasteiger partial charge in [-0.3, -0.25) is 24.4 Å². The average molecular weight is 363 g/mol. The van der Waals surface area contributed by atoms with Gasteiger partial charge < -0.3 is 15.8 Å². The predicted octanol–water partition coefficient (Wildman–Crippen LogP) is -0.856. The molecule has 26 heavy (non-hydrogen) atoms. The quantitative estimate of drug-likeness (QED) is 0.321. The van der Waals surface area contributed by atoms with Crippen LogP contribution in [0, 0.1) is 5.41 Å². The van der Waals surface area contributed by atoms with Crippen molar-refractivity contribution < 1.29 is 33.9 Å². The number of rotatable bonds is 7. The lowest BCUT2D eigenvalue weighted by atomic mass is 9.77. The smallest absolute Gasteiger partial charge is 0.407 e. The van der Waals surface area contributed by atoms with Gasteiger partial charge in [0.25, 0.3) is 11.8 Å². The molecule has 0 bridgehead atoms. The number of nitrogens with two attached hydrogens (primary N) is 1. The summed E-state index contributed by atoms with van der Waals surface area (Å²) in [5.41, 5.74) is 3.51. The molecule has 1 fully saturated rings. The first-order chi connectivity index (χ1) is 12.3. The third-order valence-corrected chi connectivity index (χ3v) is 3.95. The second-order valence-corrected chi connectivity index (χ2v) is 5.56. The summed E-state index contributed by atoms with van der Waals surface area (Å²) in [4.78, 5) is 59.7. The first kappa shape index (κ1) is 19.2. The van der Waals surface area contributed by atoms with Crippen molar-refractivity contribution in [1.29, 1.82) is 0 Å². The molecule has 1 aromatic carbocycles. The standard InChI is InChI=1S/C16H17N3O7/c17-7-11(20)16(6-13(22)19(25)14(16)23)12(21)8-18-15(24)26-9-10-4-2-1-3-5-10/h1-5,25H,6-9,17H2,(H,18,24). The minimum Gasteiger partial charge on any atom is -0.445 e. The van der Waals surface area contributed by atoms with Crippen LogP contribution >= 0.6 is 0 Å². The lowest BCUT2D eigenvalue weighted by Crippen LogP contribution is -2.51. The fourth-order valence-electron chi connectivity index (χ4n) is 2.51. The second kappa shape index (κ2) is 7.85. The Balaban J connectivity index is 2.00. The van der Waals surface area contributed by atoms with Gasteiger partial charge >= 0.3 is 6.09 Å². The third-order valence-electron chi connectivity index (χ3n) is 3.95. The molecule has 1 atom stereocenters. The molecule has 1 aromatic rings. The van der Waals surface area contributed by atoms with E-state index in [0.29, 0.717) is 0 Å². The summed E-state index contributed by atoms with van der Waals surface area (Å²) in [6, 6.07) is 8.76. The molecule has 0 radical (unpaired) electrons. The summed E-state index contributed by atoms with van der Waals surface area (Å²) in [6.07, 6.45) is -1.78. The highest BCUT2D eigenvalue weighted by Gasteiger charge is 2.60. The number of nitrogens with one attached hydrogen (secondary N) is 1. The summed E-state index contributed by atoms with van der Waals surface area (Å²) < 4.78 is 4.91. The number of hydroxylamine groups is 2. The number of ether oxygens (including phenoxy) is 1. The van der Waals surface area contributed by atoms with E-state index in [9.17, 15) is 29.2 Å². The Labute approximate surface area is 147 Å². The molecule has 1 heterocycles. The average Bonchev–Trinajstić information content (AvgIpc) is 2.89. The molecule has 0 aliphatic carbocycles. The Kier molecular flexibility index (Phi) is 5.80. The molecule has 0 aromatic heterocycles. The Morgan fingerprint density at radius 1 is 1.19 bits per heavy atom. The van der Waals surface area contributed by atoms with Crippen LogP contribution in [0.15, 0.2) is 30.3 Å². The molecular weight excluding hydrogens is 346 g/mol. The number of ketones is 2. The van der Waals surface area contributed by atoms with Crippen molar-refractivity contribution in [3.8, 4) is 0 Å². The van der Waals surface area contributed by atoms with Crippen molar-refractivity contribution in [3.63, 3.8) is 0 Å². The zero-order valence-electron chi connectivity index (χ0n) is 13.6. The molecule has 1 saturated heterocycles. The molecule has 10 nitrogen and oxygen atoms in total. The van der Waals surface area contributed by atoms with E-state index < -0.39 is 54.4 Å². The van der Waals surface area contributed by atoms with E-state index in [4.69, 9.17) is 10.5 Å². The maximum Gasteiger partial charge on any atom is 0.407 e. The van der Waals surface area contributed by atoms with Gasteiger partial charge in [0.2, 0.25) is 0 Å². The number of hydrogen-bond donors (Lipinski definition) is 3. The predicted molar refractivity (Wildman–Crippen MR) is 84.4 cm³/mol. The highest BCUT2D eigenvalue weighted by atomic mass is 16.5. The van der Waals surface area contributed by atoms with Gasteiger partial charge in [-0.05, 0) is 5.56 Å². The highest BCUT2D eigenvalue weighted by molar-refractivity contribution is 6.31. The third kappa shape index (κ3) is 3.60. The molecule has 0 saturated carbocycles. The molecule has 1 aliphatic heterocycles. The van der Waals surface area contributed by atoms with Crippen LogP contribution in [0.5, 0.6) is 0 Å². The van der Waals surface area contributed by atoms with Gasteiger partial charge in [0.1, 0.15) is 6.61 Å². The van der Waals surface area contributed by atoms with Crippen LogP contribution in [0.1, 0.15) is 12.0 Å². The monoisotopic (exact) mass is 363 g/mol. The van der Waals surface area contributed by atoms with Gasteiger partial charge in [0, 0.05) is 0 Å². The number of imide groups is 1. The number of carbonyl (C=O) groups is 5. The molecule has 2 rings (SSSR count). The lowest BCUT2D eigenvalue weighted by Gasteiger charge is -2.22. The van der Waals surface area contributed by atoms with E-state index in [2.05, 4.69) is 5.32 Å². The molecule has 0 spiro atoms. The van der Waals surface area contributed by atoms with Crippen LogP contribution in [0.4, 0.5) is 4.79 Å². The summed E-state index contributed by atoms with van der Waals surface area (Å²) in [6.45, 7) is -1.47. The zero-order valence-corrected chi connectivity index (χ0v) is 13.6. The van der Waals surface area contributed by atoms with E-state index in [1.54, 1.807) is 30.3 Å². The Hall–Kier alpha value is -3.11. The summed E-state index contributed by atoms with van der Waals surface area (Å²) >= 11 is 0. The summed E-state index contributed by atoms with van der Waals surface area (Å²) in [7, 11) is 0. The number of benzene rings is 1. The van der Waals surface area contributed by atoms with Crippen LogP contribution in [-0.2, 0) is 30.5 Å². The van der Waals surface area contributed by atoms with Gasteiger partial charge in [0.15, 0.2) is 17.0 Å². The van der Waals surface area contributed by atoms with Crippen LogP contribution in [0.3, 0.4) is 0 Å². The minimum absolute atomic E-state index is 0.0461. The number of carbonyl (C=O) groups excluding carboxylic acids is 5. The van der Waals surface area contributed by atoms with Gasteiger partial charge in [-0.2, -0.15) is 5.06 Å². The van der Waals surface area contributed by atoms with E-state index in [1.165, 1.54) is 0 Å². The number of Topliss-reactive ketones (excluding diaryl/α,β-unsaturated/α-hetero) is 2. The Morgan fingerprint density at radius 3 is 2.38 bits per heavy atom. The fraction of sp³-hybridized carbons (Fsp3) is 0.312. The van der Waals surface area contributed by atoms with Crippen molar-refractivity contribution >= 4 is 29.5 Å². The van der Waals surface area contributed by atoms with E-state index in [1.807, 2.05) is 0 Å². The number of nitrogens with zero attached hydrogens (tertiary/aromatic N) is 1. The molecule has 3 amide bonds. The van der Waals surface area contributed by atoms with Crippen molar-refractivity contribution in [2.24, 2.45) is 11.1 Å². The van der Waals surface area contributed by atoms with E-state index >= 15 is 0 Å². The molecule has 138 valence electrons. The topological polar surface area (TPSA) is 156 Å². The van der Waals surface area contributed by atoms with E-state index in [0.717, 1.165) is 5.56 Å². The molecule has 10 heteroatoms. The second-order valence-electron chi connectivity index (χ2n) is 5.56. The maximum atomic E-state index is 12.4. The maximum absolute atomic E-state index is 12.4. The van der Waals surface area contributed by atoms with Crippen LogP contribution < -0.4 is 11.1 Å². The number of hydrogen-bond acceptors (Lipinski definition) is 8.